The van der Waals surface area contributed by atoms with Crippen LogP contribution in [0.25, 0.3) is 11.2 Å². The van der Waals surface area contributed by atoms with Gasteiger partial charge >= 0.3 is 0 Å². The van der Waals surface area contributed by atoms with Gasteiger partial charge in [-0.15, -0.1) is 0 Å². The van der Waals surface area contributed by atoms with Crippen LogP contribution in [-0.2, 0) is 17.5 Å². The van der Waals surface area contributed by atoms with Crippen molar-refractivity contribution in [2.75, 3.05) is 0 Å². The third-order valence-electron chi connectivity index (χ3n) is 4.53. The normalized spacial score (nSPS) is 26.0. The van der Waals surface area contributed by atoms with E-state index in [1.807, 2.05) is 24.7 Å². The SMILES string of the molecule is Cc1cc(CSc2ncnc3c2ncn3[C@@H]2O[C@H](C)[C@@H](O)[C@H]2O)n(C)n1. The molecule has 1 aliphatic heterocycles. The van der Waals surface area contributed by atoms with E-state index in [1.165, 1.54) is 6.33 Å². The smallest absolute Gasteiger partial charge is 0.166 e. The highest BCUT2D eigenvalue weighted by Crippen LogP contribution is 2.33. The third-order valence-corrected chi connectivity index (χ3v) is 5.54. The predicted molar refractivity (Wildman–Crippen MR) is 94.4 cm³/mol. The monoisotopic (exact) mass is 376 g/mol. The molecule has 0 radical (unpaired) electrons. The van der Waals surface area contributed by atoms with E-state index in [9.17, 15) is 10.2 Å². The number of ether oxygens (including phenoxy) is 1. The fourth-order valence-corrected chi connectivity index (χ4v) is 4.08. The second kappa shape index (κ2) is 6.62. The fraction of sp³-hybridized carbons (Fsp3) is 0.500. The maximum Gasteiger partial charge on any atom is 0.166 e. The van der Waals surface area contributed by atoms with Crippen molar-refractivity contribution in [3.63, 3.8) is 0 Å². The minimum Gasteiger partial charge on any atom is -0.388 e. The van der Waals surface area contributed by atoms with Crippen molar-refractivity contribution in [1.29, 1.82) is 0 Å². The molecule has 0 aromatic carbocycles. The van der Waals surface area contributed by atoms with E-state index in [0.717, 1.165) is 16.4 Å². The summed E-state index contributed by atoms with van der Waals surface area (Å²) < 4.78 is 9.17. The number of aromatic nitrogens is 6. The Morgan fingerprint density at radius 2 is 2.04 bits per heavy atom. The van der Waals surface area contributed by atoms with Crippen LogP contribution < -0.4 is 0 Å². The number of fused-ring (bicyclic) bond motifs is 1. The zero-order chi connectivity index (χ0) is 18.4. The molecule has 1 fully saturated rings. The van der Waals surface area contributed by atoms with Crippen molar-refractivity contribution in [2.24, 2.45) is 7.05 Å². The zero-order valence-corrected chi connectivity index (χ0v) is 15.5. The molecular formula is C16H20N6O3S. The number of imidazole rings is 1. The Morgan fingerprint density at radius 3 is 2.69 bits per heavy atom. The fourth-order valence-electron chi connectivity index (χ4n) is 3.12. The van der Waals surface area contributed by atoms with E-state index in [0.29, 0.717) is 16.9 Å². The van der Waals surface area contributed by atoms with Gasteiger partial charge in [-0.3, -0.25) is 9.25 Å². The molecule has 1 aliphatic rings. The van der Waals surface area contributed by atoms with Gasteiger partial charge < -0.3 is 14.9 Å². The van der Waals surface area contributed by atoms with Crippen molar-refractivity contribution in [1.82, 2.24) is 29.3 Å². The number of hydrogen-bond acceptors (Lipinski definition) is 8. The van der Waals surface area contributed by atoms with Gasteiger partial charge in [-0.1, -0.05) is 11.8 Å². The van der Waals surface area contributed by atoms with Crippen LogP contribution in [0.5, 0.6) is 0 Å². The molecule has 0 amide bonds. The minimum atomic E-state index is -1.04. The second-order valence-corrected chi connectivity index (χ2v) is 7.37. The molecule has 0 unspecified atom stereocenters. The molecule has 3 aromatic rings. The number of rotatable bonds is 4. The summed E-state index contributed by atoms with van der Waals surface area (Å²) in [5, 5.41) is 25.3. The quantitative estimate of drug-likeness (QED) is 0.508. The molecule has 2 N–H and O–H groups in total. The molecule has 0 saturated carbocycles. The van der Waals surface area contributed by atoms with E-state index in [1.54, 1.807) is 29.6 Å². The lowest BCUT2D eigenvalue weighted by Gasteiger charge is -2.16. The molecule has 0 spiro atoms. The summed E-state index contributed by atoms with van der Waals surface area (Å²) in [6.07, 6.45) is -0.129. The first-order chi connectivity index (χ1) is 12.5. The van der Waals surface area contributed by atoms with Crippen molar-refractivity contribution in [3.05, 3.63) is 30.1 Å². The Kier molecular flexibility index (Phi) is 4.43. The number of aliphatic hydroxyl groups is 2. The van der Waals surface area contributed by atoms with Crippen LogP contribution in [0, 0.1) is 6.92 Å². The van der Waals surface area contributed by atoms with Gasteiger partial charge in [0.15, 0.2) is 11.9 Å². The molecule has 10 heteroatoms. The van der Waals surface area contributed by atoms with Crippen LogP contribution >= 0.6 is 11.8 Å². The first-order valence-corrected chi connectivity index (χ1v) is 9.25. The topological polar surface area (TPSA) is 111 Å². The van der Waals surface area contributed by atoms with Crippen LogP contribution in [-0.4, -0.2) is 57.8 Å². The molecule has 4 heterocycles. The molecule has 0 bridgehead atoms. The maximum atomic E-state index is 10.2. The Balaban J connectivity index is 1.62. The summed E-state index contributed by atoms with van der Waals surface area (Å²) >= 11 is 1.55. The minimum absolute atomic E-state index is 0.462. The van der Waals surface area contributed by atoms with E-state index in [-0.39, 0.29) is 0 Å². The zero-order valence-electron chi connectivity index (χ0n) is 14.6. The Labute approximate surface area is 154 Å². The van der Waals surface area contributed by atoms with Gasteiger partial charge in [0.2, 0.25) is 0 Å². The number of aliphatic hydroxyl groups excluding tert-OH is 2. The predicted octanol–water partition coefficient (Wildman–Crippen LogP) is 0.800. The van der Waals surface area contributed by atoms with Crippen LogP contribution in [0.3, 0.4) is 0 Å². The standard InChI is InChI=1S/C16H20N6O3S/c1-8-4-10(21(3)20-8)5-26-15-11-14(17-6-18-15)22(7-19-11)16-13(24)12(23)9(2)25-16/h4,6-7,9,12-13,16,23-24H,5H2,1-3H3/t9-,12-,13-,16-/m1/s1. The Hall–Kier alpha value is -2.01. The largest absolute Gasteiger partial charge is 0.388 e. The van der Waals surface area contributed by atoms with Gasteiger partial charge in [0.1, 0.15) is 29.1 Å². The first kappa shape index (κ1) is 17.4. The number of thioether (sulfide) groups is 1. The van der Waals surface area contributed by atoms with E-state index < -0.39 is 24.5 Å². The summed E-state index contributed by atoms with van der Waals surface area (Å²) in [5.74, 6) is 0.703. The summed E-state index contributed by atoms with van der Waals surface area (Å²) in [4.78, 5) is 13.0. The van der Waals surface area contributed by atoms with Crippen molar-refractivity contribution < 1.29 is 14.9 Å². The lowest BCUT2D eigenvalue weighted by Crippen LogP contribution is -2.30. The molecule has 3 aromatic heterocycles. The average molecular weight is 376 g/mol. The van der Waals surface area contributed by atoms with Crippen molar-refractivity contribution >= 4 is 22.9 Å². The van der Waals surface area contributed by atoms with Gasteiger partial charge in [0.25, 0.3) is 0 Å². The highest BCUT2D eigenvalue weighted by atomic mass is 32.2. The van der Waals surface area contributed by atoms with Crippen LogP contribution in [0.4, 0.5) is 0 Å². The van der Waals surface area contributed by atoms with Crippen LogP contribution in [0.2, 0.25) is 0 Å². The van der Waals surface area contributed by atoms with Gasteiger partial charge in [0, 0.05) is 18.5 Å². The molecule has 4 rings (SSSR count). The Morgan fingerprint density at radius 1 is 1.23 bits per heavy atom. The maximum absolute atomic E-state index is 10.2. The lowest BCUT2D eigenvalue weighted by atomic mass is 10.1. The van der Waals surface area contributed by atoms with E-state index in [4.69, 9.17) is 4.74 Å². The number of aryl methyl sites for hydroxylation is 2. The average Bonchev–Trinajstić information content (AvgIpc) is 3.25. The summed E-state index contributed by atoms with van der Waals surface area (Å²) in [7, 11) is 1.92. The third kappa shape index (κ3) is 2.88. The highest BCUT2D eigenvalue weighted by molar-refractivity contribution is 7.98. The van der Waals surface area contributed by atoms with Gasteiger partial charge in [0.05, 0.1) is 18.1 Å². The molecular weight excluding hydrogens is 356 g/mol. The lowest BCUT2D eigenvalue weighted by molar-refractivity contribution is -0.0299. The molecule has 1 saturated heterocycles. The number of nitrogens with zero attached hydrogens (tertiary/aromatic N) is 6. The summed E-state index contributed by atoms with van der Waals surface area (Å²) in [6, 6.07) is 2.04. The van der Waals surface area contributed by atoms with Crippen LogP contribution in [0.15, 0.2) is 23.7 Å². The van der Waals surface area contributed by atoms with Crippen LogP contribution in [0.1, 0.15) is 24.5 Å². The first-order valence-electron chi connectivity index (χ1n) is 8.27. The van der Waals surface area contributed by atoms with Gasteiger partial charge in [-0.25, -0.2) is 15.0 Å². The molecule has 26 heavy (non-hydrogen) atoms. The summed E-state index contributed by atoms with van der Waals surface area (Å²) in [5.41, 5.74) is 3.26. The van der Waals surface area contributed by atoms with E-state index in [2.05, 4.69) is 20.1 Å². The van der Waals surface area contributed by atoms with E-state index >= 15 is 0 Å². The summed E-state index contributed by atoms with van der Waals surface area (Å²) in [6.45, 7) is 3.68. The molecule has 138 valence electrons. The highest BCUT2D eigenvalue weighted by Gasteiger charge is 2.42. The van der Waals surface area contributed by atoms with Gasteiger partial charge in [-0.05, 0) is 19.9 Å². The molecule has 0 aliphatic carbocycles. The van der Waals surface area contributed by atoms with Crippen molar-refractivity contribution in [2.45, 2.75) is 49.2 Å². The molecule has 4 atom stereocenters. The molecule has 9 nitrogen and oxygen atoms in total. The Bertz CT molecular complexity index is 941. The van der Waals surface area contributed by atoms with Gasteiger partial charge in [-0.2, -0.15) is 5.10 Å². The number of hydrogen-bond donors (Lipinski definition) is 2. The second-order valence-electron chi connectivity index (χ2n) is 6.41. The van der Waals surface area contributed by atoms with Crippen molar-refractivity contribution in [3.8, 4) is 0 Å².